The van der Waals surface area contributed by atoms with E-state index in [1.54, 1.807) is 0 Å². The Morgan fingerprint density at radius 3 is 2.63 bits per heavy atom. The Labute approximate surface area is 123 Å². The molecule has 2 aromatic carbocycles. The first kappa shape index (κ1) is 14.1. The minimum absolute atomic E-state index is 0.275. The quantitative estimate of drug-likeness (QED) is 0.699. The smallest absolute Gasteiger partial charge is 0.123 e. The molecule has 2 aromatic rings. The van der Waals surface area contributed by atoms with Crippen molar-refractivity contribution in [3.05, 3.63) is 65.2 Å². The monoisotopic (exact) mass is 318 g/mol. The van der Waals surface area contributed by atoms with Crippen LogP contribution in [0.3, 0.4) is 0 Å². The van der Waals surface area contributed by atoms with Crippen LogP contribution in [0.4, 0.5) is 0 Å². The molecular formula is C17H19BrO. The Hall–Kier alpha value is -1.28. The summed E-state index contributed by atoms with van der Waals surface area (Å²) >= 11 is 3.79. The van der Waals surface area contributed by atoms with Gasteiger partial charge < -0.3 is 4.74 Å². The highest BCUT2D eigenvalue weighted by Gasteiger charge is 2.13. The molecule has 0 fully saturated rings. The van der Waals surface area contributed by atoms with E-state index in [0.29, 0.717) is 6.61 Å². The molecule has 0 radical (unpaired) electrons. The zero-order chi connectivity index (χ0) is 13.7. The van der Waals surface area contributed by atoms with Crippen LogP contribution in [0.15, 0.2) is 48.5 Å². The zero-order valence-electron chi connectivity index (χ0n) is 11.4. The van der Waals surface area contributed by atoms with Gasteiger partial charge in [0, 0.05) is 10.4 Å². The van der Waals surface area contributed by atoms with Gasteiger partial charge in [-0.05, 0) is 31.9 Å². The maximum absolute atomic E-state index is 5.69. The van der Waals surface area contributed by atoms with Crippen molar-refractivity contribution >= 4 is 15.9 Å². The molecule has 0 aromatic heterocycles. The summed E-state index contributed by atoms with van der Waals surface area (Å²) in [7, 11) is 0. The van der Waals surface area contributed by atoms with Crippen molar-refractivity contribution in [1.29, 1.82) is 0 Å². The number of aryl methyl sites for hydroxylation is 1. The summed E-state index contributed by atoms with van der Waals surface area (Å²) in [5.41, 5.74) is 3.86. The second-order valence-electron chi connectivity index (χ2n) is 4.63. The minimum atomic E-state index is 0.275. The van der Waals surface area contributed by atoms with Gasteiger partial charge in [-0.3, -0.25) is 0 Å². The predicted octanol–water partition coefficient (Wildman–Crippen LogP) is 5.07. The average Bonchev–Trinajstić information content (AvgIpc) is 2.39. The Morgan fingerprint density at radius 2 is 1.89 bits per heavy atom. The third-order valence-electron chi connectivity index (χ3n) is 3.05. The fourth-order valence-corrected chi connectivity index (χ4v) is 2.93. The number of benzene rings is 2. The Bertz CT molecular complexity index is 536. The molecule has 0 saturated heterocycles. The summed E-state index contributed by atoms with van der Waals surface area (Å²) in [6, 6.07) is 16.9. The van der Waals surface area contributed by atoms with Gasteiger partial charge in [-0.25, -0.2) is 0 Å². The number of rotatable bonds is 5. The van der Waals surface area contributed by atoms with Crippen LogP contribution in [-0.2, 0) is 6.42 Å². The van der Waals surface area contributed by atoms with Gasteiger partial charge in [-0.15, -0.1) is 0 Å². The van der Waals surface area contributed by atoms with E-state index in [4.69, 9.17) is 4.74 Å². The maximum atomic E-state index is 5.69. The van der Waals surface area contributed by atoms with E-state index in [1.807, 2.05) is 19.1 Å². The molecule has 0 amide bonds. The summed E-state index contributed by atoms with van der Waals surface area (Å²) in [6.45, 7) is 4.84. The van der Waals surface area contributed by atoms with Crippen molar-refractivity contribution in [3.8, 4) is 5.75 Å². The van der Waals surface area contributed by atoms with Gasteiger partial charge in [-0.1, -0.05) is 64.0 Å². The van der Waals surface area contributed by atoms with E-state index in [9.17, 15) is 0 Å². The summed E-state index contributed by atoms with van der Waals surface area (Å²) in [4.78, 5) is 0.275. The number of hydrogen-bond acceptors (Lipinski definition) is 1. The van der Waals surface area contributed by atoms with Gasteiger partial charge in [0.1, 0.15) is 5.75 Å². The van der Waals surface area contributed by atoms with Crippen molar-refractivity contribution in [2.24, 2.45) is 0 Å². The molecule has 0 aliphatic carbocycles. The molecule has 2 rings (SSSR count). The normalized spacial score (nSPS) is 12.2. The van der Waals surface area contributed by atoms with E-state index in [-0.39, 0.29) is 4.83 Å². The molecule has 0 saturated carbocycles. The topological polar surface area (TPSA) is 9.23 Å². The van der Waals surface area contributed by atoms with Gasteiger partial charge in [0.25, 0.3) is 0 Å². The van der Waals surface area contributed by atoms with Crippen molar-refractivity contribution in [3.63, 3.8) is 0 Å². The average molecular weight is 319 g/mol. The summed E-state index contributed by atoms with van der Waals surface area (Å²) < 4.78 is 5.69. The highest BCUT2D eigenvalue weighted by molar-refractivity contribution is 9.09. The molecule has 100 valence electrons. The molecule has 19 heavy (non-hydrogen) atoms. The third kappa shape index (κ3) is 3.84. The maximum Gasteiger partial charge on any atom is 0.123 e. The van der Waals surface area contributed by atoms with Crippen LogP contribution >= 0.6 is 15.9 Å². The second-order valence-corrected chi connectivity index (χ2v) is 5.74. The SMILES string of the molecule is CCOc1ccccc1C(Br)Cc1cccc(C)c1. The molecule has 0 aliphatic rings. The first-order valence-electron chi connectivity index (χ1n) is 6.62. The van der Waals surface area contributed by atoms with Gasteiger partial charge in [-0.2, -0.15) is 0 Å². The fourth-order valence-electron chi connectivity index (χ4n) is 2.18. The van der Waals surface area contributed by atoms with Crippen molar-refractivity contribution in [1.82, 2.24) is 0 Å². The molecule has 0 heterocycles. The summed E-state index contributed by atoms with van der Waals surface area (Å²) in [5.74, 6) is 0.972. The lowest BCUT2D eigenvalue weighted by molar-refractivity contribution is 0.336. The van der Waals surface area contributed by atoms with Gasteiger partial charge >= 0.3 is 0 Å². The Morgan fingerprint density at radius 1 is 1.11 bits per heavy atom. The molecule has 0 N–H and O–H groups in total. The number of hydrogen-bond donors (Lipinski definition) is 0. The lowest BCUT2D eigenvalue weighted by Crippen LogP contribution is -2.01. The van der Waals surface area contributed by atoms with E-state index in [1.165, 1.54) is 16.7 Å². The van der Waals surface area contributed by atoms with Crippen molar-refractivity contribution in [2.45, 2.75) is 25.1 Å². The third-order valence-corrected chi connectivity index (χ3v) is 3.87. The number of halogens is 1. The zero-order valence-corrected chi connectivity index (χ0v) is 13.0. The largest absolute Gasteiger partial charge is 0.494 e. The van der Waals surface area contributed by atoms with Gasteiger partial charge in [0.05, 0.1) is 6.61 Å². The van der Waals surface area contributed by atoms with Gasteiger partial charge in [0.15, 0.2) is 0 Å². The Balaban J connectivity index is 2.17. The molecule has 0 spiro atoms. The molecule has 0 aliphatic heterocycles. The van der Waals surface area contributed by atoms with Crippen LogP contribution in [0.1, 0.15) is 28.4 Å². The fraction of sp³-hybridized carbons (Fsp3) is 0.294. The minimum Gasteiger partial charge on any atom is -0.494 e. The van der Waals surface area contributed by atoms with Crippen LogP contribution in [0, 0.1) is 6.92 Å². The standard InChI is InChI=1S/C17H19BrO/c1-3-19-17-10-5-4-9-15(17)16(18)12-14-8-6-7-13(2)11-14/h4-11,16H,3,12H2,1-2H3. The van der Waals surface area contributed by atoms with E-state index >= 15 is 0 Å². The second kappa shape index (κ2) is 6.76. The molecule has 1 nitrogen and oxygen atoms in total. The number of alkyl halides is 1. The van der Waals surface area contributed by atoms with Crippen LogP contribution in [0.5, 0.6) is 5.75 Å². The molecule has 0 bridgehead atoms. The molecule has 2 heteroatoms. The molecule has 1 atom stereocenters. The summed E-state index contributed by atoms with van der Waals surface area (Å²) in [5, 5.41) is 0. The van der Waals surface area contributed by atoms with E-state index in [0.717, 1.165) is 12.2 Å². The number of para-hydroxylation sites is 1. The van der Waals surface area contributed by atoms with Crippen molar-refractivity contribution in [2.75, 3.05) is 6.61 Å². The first-order valence-corrected chi connectivity index (χ1v) is 7.53. The highest BCUT2D eigenvalue weighted by atomic mass is 79.9. The van der Waals surface area contributed by atoms with Crippen molar-refractivity contribution < 1.29 is 4.74 Å². The lowest BCUT2D eigenvalue weighted by atomic mass is 10.0. The number of ether oxygens (including phenoxy) is 1. The Kier molecular flexibility index (Phi) is 5.03. The first-order chi connectivity index (χ1) is 9.20. The predicted molar refractivity (Wildman–Crippen MR) is 84.2 cm³/mol. The van der Waals surface area contributed by atoms with E-state index < -0.39 is 0 Å². The van der Waals surface area contributed by atoms with Crippen LogP contribution in [0.2, 0.25) is 0 Å². The van der Waals surface area contributed by atoms with Gasteiger partial charge in [0.2, 0.25) is 0 Å². The lowest BCUT2D eigenvalue weighted by Gasteiger charge is -2.15. The summed E-state index contributed by atoms with van der Waals surface area (Å²) in [6.07, 6.45) is 0.964. The van der Waals surface area contributed by atoms with Crippen LogP contribution in [-0.4, -0.2) is 6.61 Å². The van der Waals surface area contributed by atoms with Crippen LogP contribution < -0.4 is 4.74 Å². The van der Waals surface area contributed by atoms with E-state index in [2.05, 4.69) is 59.3 Å². The van der Waals surface area contributed by atoms with Crippen LogP contribution in [0.25, 0.3) is 0 Å². The highest BCUT2D eigenvalue weighted by Crippen LogP contribution is 2.33. The molecular weight excluding hydrogens is 300 g/mol. The molecule has 1 unspecified atom stereocenters.